The molecule has 0 aromatic heterocycles. The Balaban J connectivity index is 1.29. The summed E-state index contributed by atoms with van der Waals surface area (Å²) in [5.74, 6) is 0.0309. The van der Waals surface area contributed by atoms with E-state index in [0.29, 0.717) is 47.0 Å². The zero-order chi connectivity index (χ0) is 47.5. The van der Waals surface area contributed by atoms with Crippen molar-refractivity contribution in [2.45, 2.75) is 97.0 Å². The standard InChI is InChI=1S/C50H68N5O10P/c1-6-8-10-12-14-16-35-60-46-30-26-44(27-31-46)53-51-42-22-18-40(19-23-42)49(56)62-38-48(39-64-66(58,59)63-37-34-55(3,4)5)65-50(57)41-20-24-43(25-21-41)52-54-45-28-32-47(33-29-45)61-36-17-15-13-11-9-7-2/h18-33,48H,6-17,34-39H2,1-5H3/p+1. The SMILES string of the molecule is CCCCCCCCOc1ccc(N=Nc2ccc(C(=O)OCC(COP(=O)(O)OCC[N+](C)(C)C)OC(=O)c3ccc(N=Nc4ccc(OCCCCCCCC)cc4)cc3)cc2)cc1. The molecule has 0 aliphatic carbocycles. The van der Waals surface area contributed by atoms with Gasteiger partial charge in [0.15, 0.2) is 6.10 Å². The summed E-state index contributed by atoms with van der Waals surface area (Å²) in [7, 11) is 1.17. The van der Waals surface area contributed by atoms with Gasteiger partial charge in [-0.05, 0) is 110 Å². The van der Waals surface area contributed by atoms with Crippen LogP contribution in [0.5, 0.6) is 11.5 Å². The molecule has 66 heavy (non-hydrogen) atoms. The largest absolute Gasteiger partial charge is 0.494 e. The Hall–Kier alpha value is -5.31. The molecule has 0 aliphatic heterocycles. The normalized spacial score (nSPS) is 13.1. The molecule has 358 valence electrons. The number of azo groups is 2. The predicted octanol–water partition coefficient (Wildman–Crippen LogP) is 13.2. The van der Waals surface area contributed by atoms with Gasteiger partial charge in [-0.3, -0.25) is 9.05 Å². The van der Waals surface area contributed by atoms with Gasteiger partial charge in [0.05, 0.1) is 74.8 Å². The molecule has 2 unspecified atom stereocenters. The van der Waals surface area contributed by atoms with E-state index in [1.54, 1.807) is 24.3 Å². The van der Waals surface area contributed by atoms with Crippen molar-refractivity contribution < 1.29 is 51.5 Å². The number of esters is 2. The summed E-state index contributed by atoms with van der Waals surface area (Å²) in [5, 5.41) is 17.1. The zero-order valence-electron chi connectivity index (χ0n) is 39.3. The zero-order valence-corrected chi connectivity index (χ0v) is 40.2. The summed E-state index contributed by atoms with van der Waals surface area (Å²) >= 11 is 0. The van der Waals surface area contributed by atoms with Gasteiger partial charge in [0.25, 0.3) is 0 Å². The second-order valence-corrected chi connectivity index (χ2v) is 18.4. The van der Waals surface area contributed by atoms with Crippen LogP contribution in [0.3, 0.4) is 0 Å². The third kappa shape index (κ3) is 22.3. The van der Waals surface area contributed by atoms with Gasteiger partial charge in [-0.1, -0.05) is 78.1 Å². The van der Waals surface area contributed by atoms with Gasteiger partial charge in [0.2, 0.25) is 0 Å². The Kier molecular flexibility index (Phi) is 23.7. The molecular formula is C50H69N5O10P+. The highest BCUT2D eigenvalue weighted by Crippen LogP contribution is 2.43. The van der Waals surface area contributed by atoms with Crippen molar-refractivity contribution in [3.05, 3.63) is 108 Å². The van der Waals surface area contributed by atoms with Crippen LogP contribution in [0.25, 0.3) is 0 Å². The van der Waals surface area contributed by atoms with Gasteiger partial charge in [-0.2, -0.15) is 20.5 Å². The Bertz CT molecular complexity index is 2110. The van der Waals surface area contributed by atoms with Gasteiger partial charge >= 0.3 is 19.8 Å². The summed E-state index contributed by atoms with van der Waals surface area (Å²) in [6.07, 6.45) is 13.1. The quantitative estimate of drug-likeness (QED) is 0.0163. The van der Waals surface area contributed by atoms with Gasteiger partial charge in [-0.25, -0.2) is 14.2 Å². The van der Waals surface area contributed by atoms with Crippen LogP contribution in [0.1, 0.15) is 112 Å². The topological polar surface area (TPSA) is 176 Å². The monoisotopic (exact) mass is 930 g/mol. The fourth-order valence-electron chi connectivity index (χ4n) is 6.15. The Labute approximate surface area is 390 Å². The number of ether oxygens (including phenoxy) is 4. The minimum atomic E-state index is -4.55. The maximum Gasteiger partial charge on any atom is 0.472 e. The molecular weight excluding hydrogens is 862 g/mol. The van der Waals surface area contributed by atoms with Crippen molar-refractivity contribution in [2.75, 3.05) is 60.7 Å². The van der Waals surface area contributed by atoms with E-state index in [4.69, 9.17) is 28.0 Å². The number of hydrogen-bond donors (Lipinski definition) is 1. The molecule has 0 saturated heterocycles. The molecule has 4 aromatic rings. The minimum absolute atomic E-state index is 0.0599. The summed E-state index contributed by atoms with van der Waals surface area (Å²) < 4.78 is 46.3. The van der Waals surface area contributed by atoms with Crippen LogP contribution < -0.4 is 9.47 Å². The number of phosphoric acid groups is 1. The number of quaternary nitrogens is 1. The maximum absolute atomic E-state index is 13.3. The molecule has 0 aliphatic rings. The molecule has 2 atom stereocenters. The predicted molar refractivity (Wildman–Crippen MR) is 256 cm³/mol. The second kappa shape index (κ2) is 29.4. The summed E-state index contributed by atoms with van der Waals surface area (Å²) in [5.41, 5.74) is 2.61. The van der Waals surface area contributed by atoms with Crippen molar-refractivity contribution in [2.24, 2.45) is 20.5 Å². The van der Waals surface area contributed by atoms with Crippen LogP contribution in [-0.4, -0.2) is 88.1 Å². The minimum Gasteiger partial charge on any atom is -0.494 e. The average molecular weight is 931 g/mol. The Morgan fingerprint density at radius 3 is 1.35 bits per heavy atom. The van der Waals surface area contributed by atoms with Gasteiger partial charge in [-0.15, -0.1) is 0 Å². The van der Waals surface area contributed by atoms with Crippen LogP contribution >= 0.6 is 7.82 Å². The first-order chi connectivity index (χ1) is 31.8. The van der Waals surface area contributed by atoms with Crippen molar-refractivity contribution in [3.8, 4) is 11.5 Å². The first-order valence-corrected chi connectivity index (χ1v) is 24.6. The number of benzene rings is 4. The summed E-state index contributed by atoms with van der Waals surface area (Å²) in [6, 6.07) is 27.2. The lowest BCUT2D eigenvalue weighted by molar-refractivity contribution is -0.870. The third-order valence-corrected chi connectivity index (χ3v) is 11.1. The molecule has 0 heterocycles. The third-order valence-electron chi connectivity index (χ3n) is 10.1. The van der Waals surface area contributed by atoms with Crippen LogP contribution in [0.15, 0.2) is 118 Å². The number of carbonyl (C=O) groups is 2. The van der Waals surface area contributed by atoms with Crippen molar-refractivity contribution >= 4 is 42.5 Å². The van der Waals surface area contributed by atoms with E-state index in [9.17, 15) is 19.0 Å². The lowest BCUT2D eigenvalue weighted by Crippen LogP contribution is -2.37. The molecule has 4 aromatic carbocycles. The number of hydrogen-bond acceptors (Lipinski definition) is 13. The maximum atomic E-state index is 13.3. The number of likely N-dealkylation sites (N-methyl/N-ethyl adjacent to an activating group) is 1. The molecule has 0 spiro atoms. The molecule has 16 heteroatoms. The molecule has 0 radical (unpaired) electrons. The number of carbonyl (C=O) groups excluding carboxylic acids is 2. The lowest BCUT2D eigenvalue weighted by Gasteiger charge is -2.24. The molecule has 0 fully saturated rings. The molecule has 1 N–H and O–H groups in total. The molecule has 0 bridgehead atoms. The molecule has 4 rings (SSSR count). The van der Waals surface area contributed by atoms with Crippen LogP contribution in [0.2, 0.25) is 0 Å². The first-order valence-electron chi connectivity index (χ1n) is 23.1. The first kappa shape index (κ1) is 53.3. The van der Waals surface area contributed by atoms with Crippen LogP contribution in [0.4, 0.5) is 22.7 Å². The van der Waals surface area contributed by atoms with E-state index in [0.717, 1.165) is 37.2 Å². The number of unbranched alkanes of at least 4 members (excludes halogenated alkanes) is 10. The fourth-order valence-corrected chi connectivity index (χ4v) is 6.90. The van der Waals surface area contributed by atoms with Gasteiger partial charge in [0.1, 0.15) is 31.3 Å². The van der Waals surface area contributed by atoms with Gasteiger partial charge < -0.3 is 28.3 Å². The number of nitrogens with zero attached hydrogens (tertiary/aromatic N) is 5. The average Bonchev–Trinajstić information content (AvgIpc) is 3.31. The van der Waals surface area contributed by atoms with E-state index in [2.05, 4.69) is 34.3 Å². The van der Waals surface area contributed by atoms with E-state index in [1.807, 2.05) is 69.7 Å². The Morgan fingerprint density at radius 2 is 0.924 bits per heavy atom. The van der Waals surface area contributed by atoms with Crippen molar-refractivity contribution in [3.63, 3.8) is 0 Å². The summed E-state index contributed by atoms with van der Waals surface area (Å²) in [6.45, 7) is 5.05. The Morgan fingerprint density at radius 1 is 0.530 bits per heavy atom. The van der Waals surface area contributed by atoms with Crippen LogP contribution in [0, 0.1) is 0 Å². The van der Waals surface area contributed by atoms with E-state index in [-0.39, 0.29) is 17.7 Å². The van der Waals surface area contributed by atoms with Crippen LogP contribution in [-0.2, 0) is 23.1 Å². The smallest absolute Gasteiger partial charge is 0.472 e. The van der Waals surface area contributed by atoms with Gasteiger partial charge in [0, 0.05) is 0 Å². The van der Waals surface area contributed by atoms with E-state index >= 15 is 0 Å². The molecule has 15 nitrogen and oxygen atoms in total. The summed E-state index contributed by atoms with van der Waals surface area (Å²) in [4.78, 5) is 36.7. The highest BCUT2D eigenvalue weighted by atomic mass is 31.2. The van der Waals surface area contributed by atoms with Crippen molar-refractivity contribution in [1.82, 2.24) is 0 Å². The number of phosphoric ester groups is 1. The fraction of sp³-hybridized carbons (Fsp3) is 0.480. The lowest BCUT2D eigenvalue weighted by atomic mass is 10.1. The van der Waals surface area contributed by atoms with E-state index < -0.39 is 39.1 Å². The second-order valence-electron chi connectivity index (χ2n) is 17.0. The van der Waals surface area contributed by atoms with Crippen molar-refractivity contribution in [1.29, 1.82) is 0 Å². The highest BCUT2D eigenvalue weighted by molar-refractivity contribution is 7.47. The molecule has 0 saturated carbocycles. The molecule has 0 amide bonds. The highest BCUT2D eigenvalue weighted by Gasteiger charge is 2.27. The van der Waals surface area contributed by atoms with E-state index in [1.165, 1.54) is 75.6 Å². The number of rotatable bonds is 32.